The van der Waals surface area contributed by atoms with Crippen LogP contribution in [-0.2, 0) is 0 Å². The molecular weight excluding hydrogens is 251 g/mol. The summed E-state index contributed by atoms with van der Waals surface area (Å²) in [7, 11) is -0.326. The molecule has 1 N–H and O–H groups in total. The Morgan fingerprint density at radius 1 is 0.900 bits per heavy atom. The van der Waals surface area contributed by atoms with E-state index in [0.717, 1.165) is 32.7 Å². The minimum absolute atomic E-state index is 0.326. The fraction of sp³-hybridized carbons (Fsp3) is 0. The highest BCUT2D eigenvalue weighted by Crippen LogP contribution is 2.35. The number of para-hydroxylation sites is 1. The Morgan fingerprint density at radius 3 is 2.65 bits per heavy atom. The van der Waals surface area contributed by atoms with Gasteiger partial charge in [0.2, 0.25) is 0 Å². The zero-order valence-corrected chi connectivity index (χ0v) is 10.7. The first kappa shape index (κ1) is 11.4. The van der Waals surface area contributed by atoms with E-state index in [-0.39, 0.29) is 7.69 Å². The van der Waals surface area contributed by atoms with E-state index < -0.39 is 0 Å². The van der Waals surface area contributed by atoms with E-state index in [4.69, 9.17) is 14.1 Å². The van der Waals surface area contributed by atoms with Crippen LogP contribution in [0.2, 0.25) is 0 Å². The van der Waals surface area contributed by atoms with Gasteiger partial charge in [-0.15, -0.1) is 0 Å². The van der Waals surface area contributed by atoms with E-state index in [0.29, 0.717) is 5.75 Å². The van der Waals surface area contributed by atoms with Crippen LogP contribution >= 0.6 is 0 Å². The first-order valence-electron chi connectivity index (χ1n) is 6.44. The molecule has 0 amide bonds. The van der Waals surface area contributed by atoms with Crippen molar-refractivity contribution in [2.75, 3.05) is 0 Å². The lowest BCUT2D eigenvalue weighted by Gasteiger charge is -2.05. The van der Waals surface area contributed by atoms with Crippen molar-refractivity contribution < 1.29 is 14.1 Å². The number of fused-ring (bicyclic) bond motifs is 5. The summed E-state index contributed by atoms with van der Waals surface area (Å²) in [6.45, 7) is 0. The summed E-state index contributed by atoms with van der Waals surface area (Å²) in [6, 6.07) is 17.8. The third-order valence-electron chi connectivity index (χ3n) is 3.56. The van der Waals surface area contributed by atoms with Crippen LogP contribution in [0.3, 0.4) is 0 Å². The van der Waals surface area contributed by atoms with Gasteiger partial charge in [0.1, 0.15) is 16.9 Å². The van der Waals surface area contributed by atoms with E-state index in [2.05, 4.69) is 6.07 Å². The van der Waals surface area contributed by atoms with Crippen molar-refractivity contribution in [3.05, 3.63) is 54.6 Å². The lowest BCUT2D eigenvalue weighted by atomic mass is 10.0. The minimum Gasteiger partial charge on any atom is -0.539 e. The van der Waals surface area contributed by atoms with Crippen molar-refractivity contribution in [3.63, 3.8) is 0 Å². The smallest absolute Gasteiger partial charge is 0.504 e. The Kier molecular flexibility index (Phi) is 2.44. The molecule has 0 saturated carbocycles. The maximum absolute atomic E-state index is 8.90. The van der Waals surface area contributed by atoms with Gasteiger partial charge in [-0.1, -0.05) is 30.3 Å². The van der Waals surface area contributed by atoms with Gasteiger partial charge in [0.05, 0.1) is 0 Å². The van der Waals surface area contributed by atoms with Crippen LogP contribution < -0.4 is 4.65 Å². The summed E-state index contributed by atoms with van der Waals surface area (Å²) >= 11 is 0. The van der Waals surface area contributed by atoms with Crippen molar-refractivity contribution in [1.29, 1.82) is 0 Å². The van der Waals surface area contributed by atoms with Crippen LogP contribution in [0, 0.1) is 0 Å². The molecule has 4 aromatic rings. The van der Waals surface area contributed by atoms with E-state index in [1.54, 1.807) is 0 Å². The van der Waals surface area contributed by atoms with E-state index in [1.807, 2.05) is 48.5 Å². The molecule has 96 valence electrons. The first-order chi connectivity index (χ1) is 9.86. The maximum atomic E-state index is 8.90. The van der Waals surface area contributed by atoms with E-state index in [1.165, 1.54) is 0 Å². The minimum atomic E-state index is -0.326. The normalized spacial score (nSPS) is 11.2. The van der Waals surface area contributed by atoms with Crippen molar-refractivity contribution in [3.8, 4) is 5.75 Å². The van der Waals surface area contributed by atoms with Crippen molar-refractivity contribution >= 4 is 40.4 Å². The van der Waals surface area contributed by atoms with Crippen molar-refractivity contribution in [2.24, 2.45) is 0 Å². The van der Waals surface area contributed by atoms with Crippen LogP contribution in [0.5, 0.6) is 5.75 Å². The molecule has 4 rings (SSSR count). The number of furan rings is 1. The molecule has 4 heteroatoms. The molecule has 0 bridgehead atoms. The molecule has 3 nitrogen and oxygen atoms in total. The Balaban J connectivity index is 2.17. The highest BCUT2D eigenvalue weighted by molar-refractivity contribution is 6.20. The standard InChI is InChI=1S/C16H11BO3/c18-17-20-11-7-5-10-6-8-15-16(13(10)9-11)12-3-1-2-4-14(12)19-15/h1-9,17-18H. The molecule has 0 fully saturated rings. The predicted octanol–water partition coefficient (Wildman–Crippen LogP) is 3.38. The zero-order chi connectivity index (χ0) is 13.5. The number of benzene rings is 3. The number of hydrogen-bond donors (Lipinski definition) is 1. The predicted molar refractivity (Wildman–Crippen MR) is 81.2 cm³/mol. The molecule has 1 aromatic heterocycles. The van der Waals surface area contributed by atoms with Crippen LogP contribution in [0.4, 0.5) is 0 Å². The number of rotatable bonds is 2. The lowest BCUT2D eigenvalue weighted by Crippen LogP contribution is -1.99. The second-order valence-corrected chi connectivity index (χ2v) is 4.69. The molecule has 0 aliphatic carbocycles. The maximum Gasteiger partial charge on any atom is 0.504 e. The molecule has 20 heavy (non-hydrogen) atoms. The molecule has 0 aliphatic heterocycles. The third kappa shape index (κ3) is 1.59. The summed E-state index contributed by atoms with van der Waals surface area (Å²) in [4.78, 5) is 0. The van der Waals surface area contributed by atoms with Gasteiger partial charge in [0.15, 0.2) is 0 Å². The quantitative estimate of drug-likeness (QED) is 0.563. The van der Waals surface area contributed by atoms with Gasteiger partial charge >= 0.3 is 7.69 Å². The second kappa shape index (κ2) is 4.29. The van der Waals surface area contributed by atoms with Gasteiger partial charge in [-0.2, -0.15) is 0 Å². The highest BCUT2D eigenvalue weighted by atomic mass is 16.5. The van der Waals surface area contributed by atoms with Gasteiger partial charge in [-0.05, 0) is 35.0 Å². The summed E-state index contributed by atoms with van der Waals surface area (Å²) in [6.07, 6.45) is 0. The summed E-state index contributed by atoms with van der Waals surface area (Å²) in [5.74, 6) is 0.651. The molecule has 1 heterocycles. The van der Waals surface area contributed by atoms with Gasteiger partial charge in [-0.25, -0.2) is 0 Å². The average molecular weight is 262 g/mol. The van der Waals surface area contributed by atoms with Gasteiger partial charge < -0.3 is 14.1 Å². The van der Waals surface area contributed by atoms with E-state index >= 15 is 0 Å². The topological polar surface area (TPSA) is 42.6 Å². The Hall–Kier alpha value is -2.46. The van der Waals surface area contributed by atoms with E-state index in [9.17, 15) is 0 Å². The molecule has 0 spiro atoms. The molecule has 0 unspecified atom stereocenters. The second-order valence-electron chi connectivity index (χ2n) is 4.69. The molecule has 3 aromatic carbocycles. The fourth-order valence-corrected chi connectivity index (χ4v) is 2.69. The zero-order valence-electron chi connectivity index (χ0n) is 10.7. The van der Waals surface area contributed by atoms with Crippen LogP contribution in [0.15, 0.2) is 59.0 Å². The monoisotopic (exact) mass is 262 g/mol. The Labute approximate surface area is 115 Å². The summed E-state index contributed by atoms with van der Waals surface area (Å²) < 4.78 is 11.0. The van der Waals surface area contributed by atoms with Gasteiger partial charge in [0.25, 0.3) is 0 Å². The largest absolute Gasteiger partial charge is 0.539 e. The van der Waals surface area contributed by atoms with Gasteiger partial charge in [-0.3, -0.25) is 0 Å². The fourth-order valence-electron chi connectivity index (χ4n) is 2.69. The van der Waals surface area contributed by atoms with Crippen LogP contribution in [0.1, 0.15) is 0 Å². The first-order valence-corrected chi connectivity index (χ1v) is 6.44. The highest BCUT2D eigenvalue weighted by Gasteiger charge is 2.10. The SMILES string of the molecule is OBOc1ccc2ccc3oc4ccccc4c3c2c1. The summed E-state index contributed by atoms with van der Waals surface area (Å²) in [5.41, 5.74) is 1.74. The molecular formula is C16H11BO3. The molecule has 0 aliphatic rings. The van der Waals surface area contributed by atoms with Crippen LogP contribution in [0.25, 0.3) is 32.7 Å². The van der Waals surface area contributed by atoms with Crippen molar-refractivity contribution in [1.82, 2.24) is 0 Å². The molecule has 0 radical (unpaired) electrons. The Morgan fingerprint density at radius 2 is 1.75 bits per heavy atom. The average Bonchev–Trinajstić information content (AvgIpc) is 2.86. The third-order valence-corrected chi connectivity index (χ3v) is 3.56. The van der Waals surface area contributed by atoms with Gasteiger partial charge in [0, 0.05) is 10.8 Å². The molecule has 0 atom stereocenters. The Bertz CT molecular complexity index is 927. The van der Waals surface area contributed by atoms with Crippen molar-refractivity contribution in [2.45, 2.75) is 0 Å². The number of hydrogen-bond acceptors (Lipinski definition) is 3. The molecule has 0 saturated heterocycles. The lowest BCUT2D eigenvalue weighted by molar-refractivity contribution is 0.454. The van der Waals surface area contributed by atoms with Crippen LogP contribution in [-0.4, -0.2) is 12.7 Å². The summed E-state index contributed by atoms with van der Waals surface area (Å²) in [5, 5.41) is 13.3.